The summed E-state index contributed by atoms with van der Waals surface area (Å²) in [5, 5.41) is 11.1. The summed E-state index contributed by atoms with van der Waals surface area (Å²) in [5.41, 5.74) is 7.11. The van der Waals surface area contributed by atoms with E-state index in [2.05, 4.69) is 72.0 Å². The molecule has 0 radical (unpaired) electrons. The number of aryl methyl sites for hydroxylation is 1. The Morgan fingerprint density at radius 2 is 1.66 bits per heavy atom. The summed E-state index contributed by atoms with van der Waals surface area (Å²) >= 11 is 1.52. The van der Waals surface area contributed by atoms with Gasteiger partial charge in [0.1, 0.15) is 10.9 Å². The van der Waals surface area contributed by atoms with Gasteiger partial charge in [-0.25, -0.2) is 9.78 Å². The van der Waals surface area contributed by atoms with Crippen LogP contribution >= 0.6 is 11.3 Å². The summed E-state index contributed by atoms with van der Waals surface area (Å²) in [4.78, 5) is 68.4. The van der Waals surface area contributed by atoms with Crippen LogP contribution in [0.1, 0.15) is 48.3 Å². The van der Waals surface area contributed by atoms with Gasteiger partial charge in [0.25, 0.3) is 5.91 Å². The van der Waals surface area contributed by atoms with Crippen LogP contribution in [0.2, 0.25) is 0 Å². The maximum atomic E-state index is 13.3. The van der Waals surface area contributed by atoms with Crippen LogP contribution in [0.3, 0.4) is 0 Å². The Kier molecular flexibility index (Phi) is 9.16. The normalized spacial score (nSPS) is 21.0. The molecule has 14 nitrogen and oxygen atoms in total. The predicted octanol–water partition coefficient (Wildman–Crippen LogP) is 4.73. The van der Waals surface area contributed by atoms with E-state index in [9.17, 15) is 19.2 Å². The van der Waals surface area contributed by atoms with Gasteiger partial charge in [-0.2, -0.15) is 0 Å². The molecule has 0 saturated carbocycles. The first kappa shape index (κ1) is 36.5. The molecule has 3 fully saturated rings. The second-order valence-electron chi connectivity index (χ2n) is 16.3. The van der Waals surface area contributed by atoms with Gasteiger partial charge >= 0.3 is 5.69 Å². The molecular formula is C43H46N10O4S. The van der Waals surface area contributed by atoms with Crippen molar-refractivity contribution in [1.29, 1.82) is 0 Å². The van der Waals surface area contributed by atoms with E-state index in [-0.39, 0.29) is 30.0 Å². The number of imidazole rings is 1. The largest absolute Gasteiger partial charge is 0.381 e. The van der Waals surface area contributed by atoms with E-state index >= 15 is 0 Å². The number of fused-ring (bicyclic) bond motifs is 6. The number of piperidine rings is 2. The smallest absolute Gasteiger partial charge is 0.329 e. The molecule has 3 amide bonds. The molecule has 3 N–H and O–H groups in total. The van der Waals surface area contributed by atoms with E-state index < -0.39 is 11.9 Å². The van der Waals surface area contributed by atoms with Crippen LogP contribution in [-0.4, -0.2) is 100 Å². The summed E-state index contributed by atoms with van der Waals surface area (Å²) < 4.78 is 4.22. The van der Waals surface area contributed by atoms with Gasteiger partial charge in [-0.05, 0) is 80.6 Å². The number of imide groups is 1. The Bertz CT molecular complexity index is 2690. The van der Waals surface area contributed by atoms with Crippen molar-refractivity contribution in [2.45, 2.75) is 44.7 Å². The Morgan fingerprint density at radius 1 is 0.845 bits per heavy atom. The molecule has 2 aromatic carbocycles. The van der Waals surface area contributed by atoms with E-state index in [1.54, 1.807) is 11.6 Å². The minimum Gasteiger partial charge on any atom is -0.381 e. The summed E-state index contributed by atoms with van der Waals surface area (Å²) in [6.07, 6.45) is 6.60. The molecule has 58 heavy (non-hydrogen) atoms. The predicted molar refractivity (Wildman–Crippen MR) is 228 cm³/mol. The maximum absolute atomic E-state index is 13.3. The molecule has 298 valence electrons. The average molecular weight is 799 g/mol. The monoisotopic (exact) mass is 798 g/mol. The summed E-state index contributed by atoms with van der Waals surface area (Å²) in [7, 11) is 1.74. The van der Waals surface area contributed by atoms with Crippen molar-refractivity contribution in [3.63, 3.8) is 0 Å². The third-order valence-electron chi connectivity index (χ3n) is 12.5. The van der Waals surface area contributed by atoms with Crippen LogP contribution in [0.4, 0.5) is 17.1 Å². The SMILES string of the molecule is C[C@@H]1CNc2c(sc3ccc4nc(-c5cncc(N6CCN(CC7CCN(c8ccc9c(c8)n(C)c(=O)n9C8CCC(=O)NC8=O)CC7)CC6)c5)ccc4c23)C(=O)N1. The first-order valence-electron chi connectivity index (χ1n) is 20.3. The Morgan fingerprint density at radius 3 is 2.47 bits per heavy atom. The van der Waals surface area contributed by atoms with E-state index in [0.29, 0.717) is 24.4 Å². The van der Waals surface area contributed by atoms with E-state index in [1.807, 2.05) is 31.5 Å². The molecule has 10 rings (SSSR count). The molecule has 4 aromatic heterocycles. The molecule has 0 aliphatic carbocycles. The number of pyridine rings is 2. The fourth-order valence-corrected chi connectivity index (χ4v) is 10.4. The molecule has 4 aliphatic rings. The Labute approximate surface area is 338 Å². The second kappa shape index (κ2) is 14.5. The maximum Gasteiger partial charge on any atom is 0.329 e. The van der Waals surface area contributed by atoms with Crippen LogP contribution in [0.25, 0.3) is 43.3 Å². The lowest BCUT2D eigenvalue weighted by molar-refractivity contribution is -0.135. The Hall–Kier alpha value is -5.80. The number of carbonyl (C=O) groups is 3. The van der Waals surface area contributed by atoms with Crippen LogP contribution < -0.4 is 31.4 Å². The number of piperazine rings is 1. The first-order valence-corrected chi connectivity index (χ1v) is 21.1. The highest BCUT2D eigenvalue weighted by Gasteiger charge is 2.32. The van der Waals surface area contributed by atoms with Crippen molar-refractivity contribution in [3.05, 3.63) is 76.3 Å². The van der Waals surface area contributed by atoms with Gasteiger partial charge in [0.15, 0.2) is 0 Å². The lowest BCUT2D eigenvalue weighted by atomic mass is 9.95. The first-order chi connectivity index (χ1) is 28.2. The van der Waals surface area contributed by atoms with Crippen molar-refractivity contribution in [1.82, 2.24) is 34.6 Å². The van der Waals surface area contributed by atoms with Gasteiger partial charge < -0.3 is 20.4 Å². The standard InChI is InChI=1S/C43H46N10O4S/c1-25-21-45-39-38-30-4-5-31(47-32(30)6-9-36(38)58-40(39)42(56)46-25)27-19-29(23-44-22-27)52-17-15-50(16-18-52)24-26-11-13-51(14-12-26)28-3-7-33-35(20-28)49(2)43(57)53(33)34-8-10-37(54)48-41(34)55/h3-7,9,19-20,22-23,25-26,34,45H,8,10-18,21,24H2,1-2H3,(H,46,56)(H,48,54,55)/t25-,34?/m1/s1. The molecule has 15 heteroatoms. The third-order valence-corrected chi connectivity index (χ3v) is 13.7. The number of rotatable bonds is 6. The number of thiophene rings is 1. The molecule has 0 spiro atoms. The molecule has 3 saturated heterocycles. The van der Waals surface area contributed by atoms with Crippen LogP contribution in [0.5, 0.6) is 0 Å². The number of anilines is 3. The molecule has 1 unspecified atom stereocenters. The topological polar surface area (TPSA) is 150 Å². The quantitative estimate of drug-likeness (QED) is 0.202. The minimum absolute atomic E-state index is 0.0264. The molecule has 2 atom stereocenters. The van der Waals surface area contributed by atoms with Gasteiger partial charge in [0.05, 0.1) is 39.8 Å². The second-order valence-corrected chi connectivity index (χ2v) is 17.3. The van der Waals surface area contributed by atoms with E-state index in [4.69, 9.17) is 4.98 Å². The summed E-state index contributed by atoms with van der Waals surface area (Å²) in [6, 6.07) is 16.0. The number of nitrogens with zero attached hydrogens (tertiary/aromatic N) is 7. The summed E-state index contributed by atoms with van der Waals surface area (Å²) in [6.45, 7) is 9.55. The van der Waals surface area contributed by atoms with Gasteiger partial charge in [-0.1, -0.05) is 0 Å². The van der Waals surface area contributed by atoms with Crippen LogP contribution in [0.15, 0.2) is 65.7 Å². The molecular weight excluding hydrogens is 753 g/mol. The molecule has 0 bridgehead atoms. The zero-order valence-electron chi connectivity index (χ0n) is 32.7. The number of nitrogens with one attached hydrogen (secondary N) is 3. The minimum atomic E-state index is -0.683. The number of hydrogen-bond donors (Lipinski definition) is 3. The van der Waals surface area contributed by atoms with Crippen molar-refractivity contribution < 1.29 is 14.4 Å². The number of benzene rings is 2. The number of carbonyl (C=O) groups excluding carboxylic acids is 3. The average Bonchev–Trinajstić information content (AvgIpc) is 3.69. The van der Waals surface area contributed by atoms with Crippen molar-refractivity contribution in [2.24, 2.45) is 13.0 Å². The van der Waals surface area contributed by atoms with Gasteiger partial charge in [-0.3, -0.25) is 38.7 Å². The number of aromatic nitrogens is 4. The summed E-state index contributed by atoms with van der Waals surface area (Å²) in [5.74, 6) is -0.114. The zero-order valence-corrected chi connectivity index (χ0v) is 33.5. The van der Waals surface area contributed by atoms with Gasteiger partial charge in [0, 0.05) is 105 Å². The molecule has 8 heterocycles. The lowest BCUT2D eigenvalue weighted by Crippen LogP contribution is -2.49. The third kappa shape index (κ3) is 6.46. The van der Waals surface area contributed by atoms with Gasteiger partial charge in [0.2, 0.25) is 11.8 Å². The molecule has 4 aliphatic heterocycles. The van der Waals surface area contributed by atoms with Crippen LogP contribution in [0, 0.1) is 5.92 Å². The number of hydrogen-bond acceptors (Lipinski definition) is 11. The fraction of sp³-hybridized carbons (Fsp3) is 0.395. The van der Waals surface area contributed by atoms with E-state index in [1.165, 1.54) is 15.9 Å². The molecule has 6 aromatic rings. The number of amides is 3. The zero-order chi connectivity index (χ0) is 39.7. The highest BCUT2D eigenvalue weighted by atomic mass is 32.1. The lowest BCUT2D eigenvalue weighted by Gasteiger charge is -2.40. The highest BCUT2D eigenvalue weighted by Crippen LogP contribution is 2.41. The van der Waals surface area contributed by atoms with Gasteiger partial charge in [-0.15, -0.1) is 11.3 Å². The van der Waals surface area contributed by atoms with E-state index in [0.717, 1.165) is 118 Å². The van der Waals surface area contributed by atoms with Crippen molar-refractivity contribution in [2.75, 3.05) is 67.5 Å². The van der Waals surface area contributed by atoms with Crippen molar-refractivity contribution in [3.8, 4) is 11.3 Å². The fourth-order valence-electron chi connectivity index (χ4n) is 9.33. The van der Waals surface area contributed by atoms with Crippen molar-refractivity contribution >= 4 is 78.1 Å². The Balaban J connectivity index is 0.763. The van der Waals surface area contributed by atoms with Crippen LogP contribution in [-0.2, 0) is 16.6 Å². The highest BCUT2D eigenvalue weighted by molar-refractivity contribution is 7.21.